The predicted molar refractivity (Wildman–Crippen MR) is 71.1 cm³/mol. The van der Waals surface area contributed by atoms with Crippen molar-refractivity contribution in [3.63, 3.8) is 0 Å². The van der Waals surface area contributed by atoms with Crippen LogP contribution in [-0.4, -0.2) is 31.9 Å². The first kappa shape index (κ1) is 11.8. The molecule has 1 saturated heterocycles. The highest BCUT2D eigenvalue weighted by Crippen LogP contribution is 2.31. The Morgan fingerprint density at radius 2 is 2.33 bits per heavy atom. The van der Waals surface area contributed by atoms with Gasteiger partial charge in [0.05, 0.1) is 12.3 Å². The molecule has 1 aromatic carbocycles. The zero-order valence-electron chi connectivity index (χ0n) is 10.8. The average molecular weight is 248 g/mol. The maximum absolute atomic E-state index is 5.77. The van der Waals surface area contributed by atoms with Crippen molar-refractivity contribution in [2.75, 3.05) is 31.7 Å². The lowest BCUT2D eigenvalue weighted by Crippen LogP contribution is -2.42. The van der Waals surface area contributed by atoms with Gasteiger partial charge in [-0.1, -0.05) is 12.1 Å². The van der Waals surface area contributed by atoms with Crippen molar-refractivity contribution in [3.05, 3.63) is 23.8 Å². The Balaban J connectivity index is 1.72. The lowest BCUT2D eigenvalue weighted by atomic mass is 10.0. The largest absolute Gasteiger partial charge is 0.489 e. The third kappa shape index (κ3) is 2.31. The molecule has 18 heavy (non-hydrogen) atoms. The van der Waals surface area contributed by atoms with E-state index in [1.54, 1.807) is 0 Å². The van der Waals surface area contributed by atoms with Gasteiger partial charge in [-0.15, -0.1) is 0 Å². The van der Waals surface area contributed by atoms with E-state index in [-0.39, 0.29) is 5.54 Å². The number of fused-ring (bicyclic) bond motifs is 1. The molecule has 2 heterocycles. The summed E-state index contributed by atoms with van der Waals surface area (Å²) >= 11 is 0. The molecule has 1 unspecified atom stereocenters. The Kier molecular flexibility index (Phi) is 3.14. The number of hydrogen-bond donors (Lipinski definition) is 2. The highest BCUT2D eigenvalue weighted by molar-refractivity contribution is 5.61. The standard InChI is InChI=1S/C14H20N2O2/c1-14(5-7-17-10-14)16-9-11-3-2-4-12-13(11)18-8-6-15-12/h2-4,15-16H,5-10H2,1H3. The predicted octanol–water partition coefficient (Wildman–Crippen LogP) is 1.76. The van der Waals surface area contributed by atoms with Crippen molar-refractivity contribution in [2.45, 2.75) is 25.4 Å². The van der Waals surface area contributed by atoms with Gasteiger partial charge >= 0.3 is 0 Å². The quantitative estimate of drug-likeness (QED) is 0.855. The molecule has 1 aromatic rings. The van der Waals surface area contributed by atoms with Crippen LogP contribution in [0, 0.1) is 0 Å². The van der Waals surface area contributed by atoms with Crippen LogP contribution in [0.4, 0.5) is 5.69 Å². The molecule has 3 rings (SSSR count). The van der Waals surface area contributed by atoms with Crippen molar-refractivity contribution in [1.29, 1.82) is 0 Å². The summed E-state index contributed by atoms with van der Waals surface area (Å²) in [7, 11) is 0. The molecule has 0 spiro atoms. The molecular formula is C14H20N2O2. The van der Waals surface area contributed by atoms with E-state index in [4.69, 9.17) is 9.47 Å². The Bertz CT molecular complexity index is 428. The van der Waals surface area contributed by atoms with Gasteiger partial charge in [0.15, 0.2) is 0 Å². The fraction of sp³-hybridized carbons (Fsp3) is 0.571. The van der Waals surface area contributed by atoms with Gasteiger partial charge < -0.3 is 20.1 Å². The molecule has 0 amide bonds. The Morgan fingerprint density at radius 3 is 3.17 bits per heavy atom. The van der Waals surface area contributed by atoms with Gasteiger partial charge in [-0.05, 0) is 19.4 Å². The van der Waals surface area contributed by atoms with Crippen molar-refractivity contribution in [3.8, 4) is 5.75 Å². The average Bonchev–Trinajstić information content (AvgIpc) is 2.84. The molecule has 1 atom stereocenters. The third-order valence-electron chi connectivity index (χ3n) is 3.68. The molecule has 4 heteroatoms. The lowest BCUT2D eigenvalue weighted by Gasteiger charge is -2.26. The first-order chi connectivity index (χ1) is 8.77. The lowest BCUT2D eigenvalue weighted by molar-refractivity contribution is 0.171. The van der Waals surface area contributed by atoms with Gasteiger partial charge in [-0.3, -0.25) is 0 Å². The Labute approximate surface area is 108 Å². The summed E-state index contributed by atoms with van der Waals surface area (Å²) in [6.45, 7) is 6.31. The van der Waals surface area contributed by atoms with Gasteiger partial charge in [-0.25, -0.2) is 0 Å². The van der Waals surface area contributed by atoms with E-state index in [9.17, 15) is 0 Å². The number of rotatable bonds is 3. The zero-order chi connectivity index (χ0) is 12.4. The Morgan fingerprint density at radius 1 is 1.39 bits per heavy atom. The van der Waals surface area contributed by atoms with Crippen molar-refractivity contribution < 1.29 is 9.47 Å². The summed E-state index contributed by atoms with van der Waals surface area (Å²) in [4.78, 5) is 0. The molecule has 1 fully saturated rings. The summed E-state index contributed by atoms with van der Waals surface area (Å²) in [5, 5.41) is 6.95. The molecule has 98 valence electrons. The summed E-state index contributed by atoms with van der Waals surface area (Å²) in [5.41, 5.74) is 2.42. The number of anilines is 1. The van der Waals surface area contributed by atoms with Gasteiger partial charge in [0.1, 0.15) is 12.4 Å². The molecule has 2 aliphatic heterocycles. The van der Waals surface area contributed by atoms with Gasteiger partial charge in [0.25, 0.3) is 0 Å². The molecular weight excluding hydrogens is 228 g/mol. The second-order valence-electron chi connectivity index (χ2n) is 5.29. The minimum absolute atomic E-state index is 0.102. The van der Waals surface area contributed by atoms with Crippen LogP contribution in [0.5, 0.6) is 5.75 Å². The molecule has 0 bridgehead atoms. The topological polar surface area (TPSA) is 42.5 Å². The third-order valence-corrected chi connectivity index (χ3v) is 3.68. The van der Waals surface area contributed by atoms with Crippen LogP contribution in [0.25, 0.3) is 0 Å². The second kappa shape index (κ2) is 4.78. The van der Waals surface area contributed by atoms with Crippen LogP contribution < -0.4 is 15.4 Å². The molecule has 2 N–H and O–H groups in total. The van der Waals surface area contributed by atoms with Crippen LogP contribution in [0.3, 0.4) is 0 Å². The highest BCUT2D eigenvalue weighted by Gasteiger charge is 2.29. The van der Waals surface area contributed by atoms with E-state index in [1.165, 1.54) is 5.56 Å². The first-order valence-electron chi connectivity index (χ1n) is 6.58. The van der Waals surface area contributed by atoms with Crippen molar-refractivity contribution >= 4 is 5.69 Å². The van der Waals surface area contributed by atoms with E-state index < -0.39 is 0 Å². The van der Waals surface area contributed by atoms with E-state index in [2.05, 4.69) is 35.8 Å². The zero-order valence-corrected chi connectivity index (χ0v) is 10.8. The van der Waals surface area contributed by atoms with Gasteiger partial charge in [0.2, 0.25) is 0 Å². The molecule has 4 nitrogen and oxygen atoms in total. The SMILES string of the molecule is CC1(NCc2cccc3c2OCCN3)CCOC1. The molecule has 0 aliphatic carbocycles. The number of para-hydroxylation sites is 1. The van der Waals surface area contributed by atoms with Gasteiger partial charge in [-0.2, -0.15) is 0 Å². The van der Waals surface area contributed by atoms with Crippen LogP contribution in [-0.2, 0) is 11.3 Å². The second-order valence-corrected chi connectivity index (χ2v) is 5.29. The maximum atomic E-state index is 5.77. The first-order valence-corrected chi connectivity index (χ1v) is 6.58. The summed E-state index contributed by atoms with van der Waals surface area (Å²) < 4.78 is 11.2. The number of ether oxygens (including phenoxy) is 2. The van der Waals surface area contributed by atoms with E-state index in [1.807, 2.05) is 0 Å². The molecule has 0 saturated carbocycles. The monoisotopic (exact) mass is 248 g/mol. The number of nitrogens with one attached hydrogen (secondary N) is 2. The van der Waals surface area contributed by atoms with E-state index in [0.29, 0.717) is 0 Å². The van der Waals surface area contributed by atoms with Crippen LogP contribution in [0.15, 0.2) is 18.2 Å². The normalized spacial score (nSPS) is 26.3. The number of benzene rings is 1. The van der Waals surface area contributed by atoms with Crippen molar-refractivity contribution in [1.82, 2.24) is 5.32 Å². The summed E-state index contributed by atoms with van der Waals surface area (Å²) in [5.74, 6) is 0.999. The molecule has 0 radical (unpaired) electrons. The molecule has 0 aromatic heterocycles. The molecule has 2 aliphatic rings. The smallest absolute Gasteiger partial charge is 0.146 e. The summed E-state index contributed by atoms with van der Waals surface area (Å²) in [6, 6.07) is 6.27. The van der Waals surface area contributed by atoms with Crippen LogP contribution in [0.2, 0.25) is 0 Å². The summed E-state index contributed by atoms with van der Waals surface area (Å²) in [6.07, 6.45) is 1.07. The fourth-order valence-corrected chi connectivity index (χ4v) is 2.49. The van der Waals surface area contributed by atoms with Gasteiger partial charge in [0, 0.05) is 30.8 Å². The van der Waals surface area contributed by atoms with Crippen LogP contribution >= 0.6 is 0 Å². The van der Waals surface area contributed by atoms with E-state index in [0.717, 1.165) is 50.8 Å². The van der Waals surface area contributed by atoms with Crippen LogP contribution in [0.1, 0.15) is 18.9 Å². The fourth-order valence-electron chi connectivity index (χ4n) is 2.49. The number of hydrogen-bond acceptors (Lipinski definition) is 4. The Hall–Kier alpha value is -1.26. The minimum atomic E-state index is 0.102. The minimum Gasteiger partial charge on any atom is -0.489 e. The van der Waals surface area contributed by atoms with Crippen molar-refractivity contribution in [2.24, 2.45) is 0 Å². The highest BCUT2D eigenvalue weighted by atomic mass is 16.5. The van der Waals surface area contributed by atoms with E-state index >= 15 is 0 Å². The maximum Gasteiger partial charge on any atom is 0.146 e.